The van der Waals surface area contributed by atoms with Gasteiger partial charge in [0.15, 0.2) is 6.61 Å². The molecule has 2 aromatic rings. The number of allylic oxidation sites excluding steroid dienone is 2. The molecule has 2 aromatic carbocycles. The van der Waals surface area contributed by atoms with Gasteiger partial charge in [-0.05, 0) is 50.1 Å². The van der Waals surface area contributed by atoms with E-state index in [0.717, 1.165) is 4.90 Å². The van der Waals surface area contributed by atoms with E-state index in [1.165, 1.54) is 12.1 Å². The van der Waals surface area contributed by atoms with Crippen LogP contribution in [0.25, 0.3) is 0 Å². The molecule has 1 aliphatic carbocycles. The Morgan fingerprint density at radius 2 is 1.70 bits per heavy atom. The number of fused-ring (bicyclic) bond motifs is 1. The van der Waals surface area contributed by atoms with E-state index in [0.29, 0.717) is 36.6 Å². The van der Waals surface area contributed by atoms with Crippen molar-refractivity contribution in [2.45, 2.75) is 19.8 Å². The average Bonchev–Trinajstić information content (AvgIpc) is 3.09. The molecular weight excluding hydrogens is 424 g/mol. The van der Waals surface area contributed by atoms with Crippen molar-refractivity contribution in [3.05, 3.63) is 66.2 Å². The molecule has 0 unspecified atom stereocenters. The molecule has 1 fully saturated rings. The van der Waals surface area contributed by atoms with Gasteiger partial charge in [-0.25, -0.2) is 4.79 Å². The van der Waals surface area contributed by atoms with E-state index in [1.807, 2.05) is 19.1 Å². The van der Waals surface area contributed by atoms with E-state index in [1.54, 1.807) is 36.4 Å². The summed E-state index contributed by atoms with van der Waals surface area (Å²) in [5, 5.41) is 2.65. The van der Waals surface area contributed by atoms with Crippen LogP contribution in [0.2, 0.25) is 0 Å². The van der Waals surface area contributed by atoms with Crippen LogP contribution in [0.5, 0.6) is 5.75 Å². The van der Waals surface area contributed by atoms with Crippen LogP contribution in [-0.4, -0.2) is 36.9 Å². The van der Waals surface area contributed by atoms with Gasteiger partial charge in [-0.15, -0.1) is 0 Å². The van der Waals surface area contributed by atoms with Crippen molar-refractivity contribution in [1.29, 1.82) is 0 Å². The number of carbonyl (C=O) groups excluding carboxylic acids is 4. The summed E-state index contributed by atoms with van der Waals surface area (Å²) in [5.41, 5.74) is 0.942. The fourth-order valence-electron chi connectivity index (χ4n) is 4.08. The van der Waals surface area contributed by atoms with Gasteiger partial charge in [0.1, 0.15) is 5.75 Å². The number of hydrogen-bond acceptors (Lipinski definition) is 6. The highest BCUT2D eigenvalue weighted by atomic mass is 16.5. The van der Waals surface area contributed by atoms with Crippen LogP contribution in [0, 0.1) is 11.8 Å². The second kappa shape index (κ2) is 9.68. The maximum Gasteiger partial charge on any atom is 0.338 e. The molecule has 33 heavy (non-hydrogen) atoms. The molecule has 1 saturated heterocycles. The van der Waals surface area contributed by atoms with E-state index in [9.17, 15) is 19.2 Å². The van der Waals surface area contributed by atoms with Crippen LogP contribution < -0.4 is 15.0 Å². The number of hydrogen-bond donors (Lipinski definition) is 1. The Morgan fingerprint density at radius 3 is 2.39 bits per heavy atom. The minimum absolute atomic E-state index is 0.142. The van der Waals surface area contributed by atoms with Gasteiger partial charge in [-0.2, -0.15) is 0 Å². The van der Waals surface area contributed by atoms with Gasteiger partial charge in [-0.1, -0.05) is 30.4 Å². The number of nitrogens with one attached hydrogen (secondary N) is 1. The zero-order valence-corrected chi connectivity index (χ0v) is 18.2. The van der Waals surface area contributed by atoms with Crippen molar-refractivity contribution in [3.63, 3.8) is 0 Å². The highest BCUT2D eigenvalue weighted by molar-refractivity contribution is 6.22. The summed E-state index contributed by atoms with van der Waals surface area (Å²) >= 11 is 0. The maximum absolute atomic E-state index is 12.8. The Bertz CT molecular complexity index is 1100. The number of benzene rings is 2. The summed E-state index contributed by atoms with van der Waals surface area (Å²) < 4.78 is 10.6. The highest BCUT2D eigenvalue weighted by Crippen LogP contribution is 2.37. The monoisotopic (exact) mass is 448 g/mol. The van der Waals surface area contributed by atoms with Crippen molar-refractivity contribution in [1.82, 2.24) is 0 Å². The maximum atomic E-state index is 12.8. The number of imide groups is 1. The lowest BCUT2D eigenvalue weighted by Gasteiger charge is -2.15. The molecule has 8 heteroatoms. The van der Waals surface area contributed by atoms with E-state index < -0.39 is 18.5 Å². The lowest BCUT2D eigenvalue weighted by atomic mass is 9.85. The molecular formula is C25H24N2O6. The van der Waals surface area contributed by atoms with Crippen LogP contribution in [0.3, 0.4) is 0 Å². The third-order valence-corrected chi connectivity index (χ3v) is 5.64. The number of para-hydroxylation sites is 2. The van der Waals surface area contributed by atoms with Crippen LogP contribution in [0.1, 0.15) is 30.1 Å². The van der Waals surface area contributed by atoms with Gasteiger partial charge in [0, 0.05) is 0 Å². The normalized spacial score (nSPS) is 19.2. The minimum atomic E-state index is -0.733. The molecule has 4 rings (SSSR count). The highest BCUT2D eigenvalue weighted by Gasteiger charge is 2.47. The number of nitrogens with zero attached hydrogens (tertiary/aromatic N) is 1. The lowest BCUT2D eigenvalue weighted by molar-refractivity contribution is -0.122. The zero-order chi connectivity index (χ0) is 23.4. The average molecular weight is 448 g/mol. The first kappa shape index (κ1) is 22.3. The summed E-state index contributed by atoms with van der Waals surface area (Å²) in [5.74, 6) is -1.97. The van der Waals surface area contributed by atoms with Gasteiger partial charge in [-0.3, -0.25) is 19.3 Å². The molecule has 0 aromatic heterocycles. The van der Waals surface area contributed by atoms with Crippen molar-refractivity contribution in [2.75, 3.05) is 23.4 Å². The van der Waals surface area contributed by atoms with E-state index >= 15 is 0 Å². The number of carbonyl (C=O) groups is 4. The van der Waals surface area contributed by atoms with Crippen LogP contribution in [0.15, 0.2) is 60.7 Å². The molecule has 0 saturated carbocycles. The van der Waals surface area contributed by atoms with Gasteiger partial charge in [0.25, 0.3) is 5.91 Å². The number of ether oxygens (including phenoxy) is 2. The first-order valence-electron chi connectivity index (χ1n) is 10.8. The Hall–Kier alpha value is -3.94. The van der Waals surface area contributed by atoms with Crippen LogP contribution in [0.4, 0.5) is 11.4 Å². The van der Waals surface area contributed by atoms with Crippen molar-refractivity contribution >= 4 is 35.1 Å². The minimum Gasteiger partial charge on any atom is -0.492 e. The summed E-state index contributed by atoms with van der Waals surface area (Å²) in [6, 6.07) is 13.1. The third kappa shape index (κ3) is 4.64. The Kier molecular flexibility index (Phi) is 6.53. The molecule has 2 aliphatic rings. The summed E-state index contributed by atoms with van der Waals surface area (Å²) in [6.07, 6.45) is 4.91. The van der Waals surface area contributed by atoms with Crippen molar-refractivity contribution in [3.8, 4) is 5.75 Å². The van der Waals surface area contributed by atoms with Crippen molar-refractivity contribution < 1.29 is 28.7 Å². The second-order valence-corrected chi connectivity index (χ2v) is 7.77. The predicted molar refractivity (Wildman–Crippen MR) is 121 cm³/mol. The Balaban J connectivity index is 1.40. The molecule has 1 N–H and O–H groups in total. The molecule has 170 valence electrons. The molecule has 2 atom stereocenters. The van der Waals surface area contributed by atoms with Crippen molar-refractivity contribution in [2.24, 2.45) is 11.8 Å². The van der Waals surface area contributed by atoms with Gasteiger partial charge in [0.05, 0.1) is 35.4 Å². The molecule has 1 aliphatic heterocycles. The number of anilines is 2. The largest absolute Gasteiger partial charge is 0.492 e. The molecule has 0 radical (unpaired) electrons. The smallest absolute Gasteiger partial charge is 0.338 e. The zero-order valence-electron chi connectivity index (χ0n) is 18.2. The molecule has 1 heterocycles. The second-order valence-electron chi connectivity index (χ2n) is 7.77. The van der Waals surface area contributed by atoms with Crippen LogP contribution >= 0.6 is 0 Å². The summed E-state index contributed by atoms with van der Waals surface area (Å²) in [4.78, 5) is 51.5. The Morgan fingerprint density at radius 1 is 1.00 bits per heavy atom. The molecule has 0 spiro atoms. The van der Waals surface area contributed by atoms with Gasteiger partial charge < -0.3 is 14.8 Å². The van der Waals surface area contributed by atoms with Crippen LogP contribution in [-0.2, 0) is 19.1 Å². The first-order chi connectivity index (χ1) is 16.0. The standard InChI is InChI=1S/C25H24N2O6/c1-2-32-21-13-6-5-12-20(21)26-22(28)15-33-25(31)16-8-7-9-17(14-16)27-23(29)18-10-3-4-11-19(18)24(27)30/h3-9,12-14,18-19H,2,10-11,15H2,1H3,(H,26,28)/t18-,19-/m0/s1. The third-order valence-electron chi connectivity index (χ3n) is 5.64. The molecule has 8 nitrogen and oxygen atoms in total. The number of rotatable bonds is 7. The number of esters is 1. The fourth-order valence-corrected chi connectivity index (χ4v) is 4.08. The fraction of sp³-hybridized carbons (Fsp3) is 0.280. The van der Waals surface area contributed by atoms with Gasteiger partial charge in [0.2, 0.25) is 11.8 Å². The summed E-state index contributed by atoms with van der Waals surface area (Å²) in [7, 11) is 0. The topological polar surface area (TPSA) is 102 Å². The van der Waals surface area contributed by atoms with E-state index in [4.69, 9.17) is 9.47 Å². The molecule has 0 bridgehead atoms. The number of amides is 3. The Labute approximate surface area is 191 Å². The summed E-state index contributed by atoms with van der Waals surface area (Å²) in [6.45, 7) is 1.78. The van der Waals surface area contributed by atoms with E-state index in [-0.39, 0.29) is 29.2 Å². The van der Waals surface area contributed by atoms with Gasteiger partial charge >= 0.3 is 5.97 Å². The SMILES string of the molecule is CCOc1ccccc1NC(=O)COC(=O)c1cccc(N2C(=O)[C@H]3CC=CC[C@@H]3C2=O)c1. The lowest BCUT2D eigenvalue weighted by Crippen LogP contribution is -2.31. The van der Waals surface area contributed by atoms with E-state index in [2.05, 4.69) is 5.32 Å². The first-order valence-corrected chi connectivity index (χ1v) is 10.8. The predicted octanol–water partition coefficient (Wildman–Crippen LogP) is 3.34. The molecule has 3 amide bonds. The quantitative estimate of drug-likeness (QED) is 0.396.